The number of hydrogen-bond donors (Lipinski definition) is 1. The third-order valence-corrected chi connectivity index (χ3v) is 3.24. The van der Waals surface area contributed by atoms with Crippen molar-refractivity contribution in [2.24, 2.45) is 5.10 Å². The molecule has 0 aliphatic carbocycles. The van der Waals surface area contributed by atoms with E-state index >= 15 is 0 Å². The fraction of sp³-hybridized carbons (Fsp3) is 0.312. The van der Waals surface area contributed by atoms with Gasteiger partial charge in [0, 0.05) is 17.8 Å². The van der Waals surface area contributed by atoms with Crippen LogP contribution in [0.25, 0.3) is 0 Å². The second-order valence-electron chi connectivity index (χ2n) is 5.16. The number of hydrogen-bond acceptors (Lipinski definition) is 5. The minimum Gasteiger partial charge on any atom is -0.326 e. The first-order valence-corrected chi connectivity index (χ1v) is 7.22. The van der Waals surface area contributed by atoms with Crippen molar-refractivity contribution in [3.8, 4) is 0 Å². The molecule has 7 nitrogen and oxygen atoms in total. The van der Waals surface area contributed by atoms with Crippen LogP contribution in [0.1, 0.15) is 32.3 Å². The molecule has 1 aromatic rings. The summed E-state index contributed by atoms with van der Waals surface area (Å²) >= 11 is 0. The average Bonchev–Trinajstić information content (AvgIpc) is 2.47. The summed E-state index contributed by atoms with van der Waals surface area (Å²) in [6, 6.07) is 6.53. The molecule has 2 rings (SSSR count). The van der Waals surface area contributed by atoms with Gasteiger partial charge in [-0.15, -0.1) is 0 Å². The van der Waals surface area contributed by atoms with Gasteiger partial charge in [0.25, 0.3) is 5.91 Å². The second kappa shape index (κ2) is 6.95. The van der Waals surface area contributed by atoms with Crippen molar-refractivity contribution in [1.82, 2.24) is 5.01 Å². The first-order chi connectivity index (χ1) is 10.9. The largest absolute Gasteiger partial charge is 0.326 e. The number of carbonyl (C=O) groups excluding carboxylic acids is 4. The van der Waals surface area contributed by atoms with Crippen molar-refractivity contribution >= 4 is 34.8 Å². The van der Waals surface area contributed by atoms with Gasteiger partial charge in [0.05, 0.1) is 12.8 Å². The van der Waals surface area contributed by atoms with E-state index in [2.05, 4.69) is 10.4 Å². The van der Waals surface area contributed by atoms with Gasteiger partial charge in [-0.3, -0.25) is 19.2 Å². The van der Waals surface area contributed by atoms with Crippen LogP contribution in [0.2, 0.25) is 0 Å². The van der Waals surface area contributed by atoms with E-state index in [1.165, 1.54) is 11.9 Å². The Labute approximate surface area is 133 Å². The molecule has 1 heterocycles. The Morgan fingerprint density at radius 1 is 1.22 bits per heavy atom. The monoisotopic (exact) mass is 315 g/mol. The zero-order valence-corrected chi connectivity index (χ0v) is 13.0. The lowest BCUT2D eigenvalue weighted by Crippen LogP contribution is -2.37. The van der Waals surface area contributed by atoms with Gasteiger partial charge in [0.1, 0.15) is 11.5 Å². The van der Waals surface area contributed by atoms with Crippen LogP contribution < -0.4 is 5.32 Å². The molecule has 1 aromatic carbocycles. The summed E-state index contributed by atoms with van der Waals surface area (Å²) in [4.78, 5) is 46.0. The van der Waals surface area contributed by atoms with Crippen LogP contribution in [0.15, 0.2) is 29.4 Å². The summed E-state index contributed by atoms with van der Waals surface area (Å²) < 4.78 is 0. The molecule has 120 valence electrons. The number of benzene rings is 1. The quantitative estimate of drug-likeness (QED) is 0.824. The van der Waals surface area contributed by atoms with Gasteiger partial charge in [-0.25, -0.2) is 5.01 Å². The van der Waals surface area contributed by atoms with E-state index in [1.54, 1.807) is 31.2 Å². The maximum Gasteiger partial charge on any atom is 0.250 e. The zero-order chi connectivity index (χ0) is 17.0. The van der Waals surface area contributed by atoms with Crippen LogP contribution in [0.3, 0.4) is 0 Å². The molecule has 0 saturated carbocycles. The Bertz CT molecular complexity index is 692. The van der Waals surface area contributed by atoms with Gasteiger partial charge in [-0.2, -0.15) is 5.10 Å². The number of nitrogens with one attached hydrogen (secondary N) is 1. The Morgan fingerprint density at radius 2 is 1.87 bits per heavy atom. The van der Waals surface area contributed by atoms with Crippen molar-refractivity contribution in [1.29, 1.82) is 0 Å². The van der Waals surface area contributed by atoms with Crippen LogP contribution in [0.4, 0.5) is 5.69 Å². The van der Waals surface area contributed by atoms with Crippen LogP contribution in [-0.4, -0.2) is 40.6 Å². The molecule has 7 heteroatoms. The lowest BCUT2D eigenvalue weighted by molar-refractivity contribution is -0.135. The van der Waals surface area contributed by atoms with Gasteiger partial charge >= 0.3 is 0 Å². The summed E-state index contributed by atoms with van der Waals surface area (Å²) in [5, 5.41) is 7.94. The van der Waals surface area contributed by atoms with E-state index in [4.69, 9.17) is 0 Å². The highest BCUT2D eigenvalue weighted by Crippen LogP contribution is 2.15. The van der Waals surface area contributed by atoms with Gasteiger partial charge in [-0.05, 0) is 26.0 Å². The molecule has 0 atom stereocenters. The van der Waals surface area contributed by atoms with E-state index < -0.39 is 0 Å². The fourth-order valence-electron chi connectivity index (χ4n) is 2.15. The van der Waals surface area contributed by atoms with E-state index in [9.17, 15) is 19.2 Å². The van der Waals surface area contributed by atoms with Crippen LogP contribution in [-0.2, 0) is 19.2 Å². The third-order valence-electron chi connectivity index (χ3n) is 3.24. The fourth-order valence-corrected chi connectivity index (χ4v) is 2.15. The maximum absolute atomic E-state index is 12.0. The summed E-state index contributed by atoms with van der Waals surface area (Å²) in [5.74, 6) is -1.24. The Balaban J connectivity index is 2.16. The summed E-state index contributed by atoms with van der Waals surface area (Å²) in [5.41, 5.74) is 1.32. The average molecular weight is 315 g/mol. The summed E-state index contributed by atoms with van der Waals surface area (Å²) in [6.45, 7) is 3.52. The van der Waals surface area contributed by atoms with E-state index in [0.717, 1.165) is 0 Å². The van der Waals surface area contributed by atoms with E-state index in [1.807, 2.05) is 0 Å². The zero-order valence-electron chi connectivity index (χ0n) is 13.0. The number of carbonyl (C=O) groups is 4. The van der Waals surface area contributed by atoms with Crippen molar-refractivity contribution in [2.45, 2.75) is 26.7 Å². The van der Waals surface area contributed by atoms with Crippen molar-refractivity contribution in [3.63, 3.8) is 0 Å². The maximum atomic E-state index is 12.0. The topological polar surface area (TPSA) is 95.9 Å². The molecule has 2 amide bonds. The number of ketones is 2. The normalized spacial score (nSPS) is 14.5. The van der Waals surface area contributed by atoms with Gasteiger partial charge in [0.2, 0.25) is 5.91 Å². The van der Waals surface area contributed by atoms with Crippen LogP contribution in [0, 0.1) is 0 Å². The molecule has 0 aromatic heterocycles. The van der Waals surface area contributed by atoms with Gasteiger partial charge in [-0.1, -0.05) is 12.1 Å². The van der Waals surface area contributed by atoms with Crippen LogP contribution in [0.5, 0.6) is 0 Å². The molecule has 0 unspecified atom stereocenters. The Hall–Kier alpha value is -2.83. The number of hydrazone groups is 1. The molecule has 23 heavy (non-hydrogen) atoms. The molecule has 0 spiro atoms. The molecule has 0 saturated heterocycles. The second-order valence-corrected chi connectivity index (χ2v) is 5.16. The number of nitrogens with zero attached hydrogens (tertiary/aromatic N) is 2. The lowest BCUT2D eigenvalue weighted by Gasteiger charge is -2.21. The SMILES string of the molecule is CCN1N=C(c2ccc(NC(=O)CC(C)=O)cc2)C(=O)CC1=O. The van der Waals surface area contributed by atoms with E-state index in [0.29, 0.717) is 17.8 Å². The highest BCUT2D eigenvalue weighted by atomic mass is 16.2. The number of Topliss-reactive ketones (excluding diaryl/α,β-unsaturated/α-hetero) is 2. The van der Waals surface area contributed by atoms with Crippen molar-refractivity contribution < 1.29 is 19.2 Å². The standard InChI is InChI=1S/C16H17N3O4/c1-3-19-15(23)9-13(21)16(18-19)11-4-6-12(7-5-11)17-14(22)8-10(2)20/h4-7H,3,8-9H2,1-2H3,(H,17,22). The predicted octanol–water partition coefficient (Wildman–Crippen LogP) is 1.13. The minimum absolute atomic E-state index is 0.180. The highest BCUT2D eigenvalue weighted by Gasteiger charge is 2.27. The van der Waals surface area contributed by atoms with Crippen molar-refractivity contribution in [2.75, 3.05) is 11.9 Å². The Morgan fingerprint density at radius 3 is 2.43 bits per heavy atom. The van der Waals surface area contributed by atoms with Crippen LogP contribution >= 0.6 is 0 Å². The third kappa shape index (κ3) is 4.09. The molecule has 1 N–H and O–H groups in total. The highest BCUT2D eigenvalue weighted by molar-refractivity contribution is 6.49. The smallest absolute Gasteiger partial charge is 0.250 e. The molecular weight excluding hydrogens is 298 g/mol. The molecule has 0 bridgehead atoms. The first-order valence-electron chi connectivity index (χ1n) is 7.22. The minimum atomic E-state index is -0.390. The molecule has 0 radical (unpaired) electrons. The van der Waals surface area contributed by atoms with Crippen molar-refractivity contribution in [3.05, 3.63) is 29.8 Å². The number of amides is 2. The number of anilines is 1. The van der Waals surface area contributed by atoms with E-state index in [-0.39, 0.29) is 41.9 Å². The molecular formula is C16H17N3O4. The molecule has 1 aliphatic rings. The van der Waals surface area contributed by atoms with Gasteiger partial charge in [0.15, 0.2) is 5.78 Å². The molecule has 0 fully saturated rings. The Kier molecular flexibility index (Phi) is 5.00. The summed E-state index contributed by atoms with van der Waals surface area (Å²) in [7, 11) is 0. The number of rotatable bonds is 5. The lowest BCUT2D eigenvalue weighted by atomic mass is 10.0. The first kappa shape index (κ1) is 16.5. The molecule has 1 aliphatic heterocycles. The van der Waals surface area contributed by atoms with Gasteiger partial charge < -0.3 is 5.32 Å². The predicted molar refractivity (Wildman–Crippen MR) is 83.9 cm³/mol. The summed E-state index contributed by atoms with van der Waals surface area (Å²) in [6.07, 6.45) is -0.371.